The van der Waals surface area contributed by atoms with E-state index < -0.39 is 0 Å². The fourth-order valence-corrected chi connectivity index (χ4v) is 9.92. The summed E-state index contributed by atoms with van der Waals surface area (Å²) in [6.07, 6.45) is 3.77. The molecule has 3 heterocycles. The van der Waals surface area contributed by atoms with Crippen LogP contribution in [-0.4, -0.2) is 15.0 Å². The molecular formula is C55H31N3. The van der Waals surface area contributed by atoms with Gasteiger partial charge in [-0.2, -0.15) is 0 Å². The van der Waals surface area contributed by atoms with Crippen molar-refractivity contribution in [1.82, 2.24) is 15.0 Å². The minimum Gasteiger partial charge on any atom is -0.254 e. The first-order valence-corrected chi connectivity index (χ1v) is 19.8. The second kappa shape index (κ2) is 11.9. The molecule has 0 bridgehead atoms. The molecule has 0 aliphatic carbocycles. The average Bonchev–Trinajstić information content (AvgIpc) is 3.30. The Morgan fingerprint density at radius 2 is 0.845 bits per heavy atom. The molecule has 3 aromatic heterocycles. The summed E-state index contributed by atoms with van der Waals surface area (Å²) in [7, 11) is 0. The predicted octanol–water partition coefficient (Wildman–Crippen LogP) is 14.7. The summed E-state index contributed by atoms with van der Waals surface area (Å²) in [6, 6.07) is 64.1. The molecule has 0 aliphatic rings. The summed E-state index contributed by atoms with van der Waals surface area (Å²) in [4.78, 5) is 15.1. The molecule has 0 spiro atoms. The number of nitrogens with zero attached hydrogens (tertiary/aromatic N) is 3. The van der Waals surface area contributed by atoms with Crippen molar-refractivity contribution in [3.05, 3.63) is 188 Å². The molecule has 266 valence electrons. The van der Waals surface area contributed by atoms with Crippen LogP contribution in [0.25, 0.3) is 131 Å². The van der Waals surface area contributed by atoms with E-state index in [9.17, 15) is 0 Å². The lowest BCUT2D eigenvalue weighted by Gasteiger charge is -2.18. The maximum absolute atomic E-state index is 5.58. The van der Waals surface area contributed by atoms with Gasteiger partial charge >= 0.3 is 0 Å². The summed E-state index contributed by atoms with van der Waals surface area (Å²) in [6.45, 7) is 0. The number of fused-ring (bicyclic) bond motifs is 11. The number of hydrogen-bond acceptors (Lipinski definition) is 3. The number of pyridine rings is 3. The van der Waals surface area contributed by atoms with Gasteiger partial charge in [0.15, 0.2) is 0 Å². The maximum atomic E-state index is 5.58. The van der Waals surface area contributed by atoms with E-state index in [0.29, 0.717) is 0 Å². The van der Waals surface area contributed by atoms with Gasteiger partial charge in [-0.15, -0.1) is 0 Å². The zero-order valence-corrected chi connectivity index (χ0v) is 31.2. The number of aromatic nitrogens is 3. The number of rotatable bonds is 3. The highest BCUT2D eigenvalue weighted by atomic mass is 14.7. The summed E-state index contributed by atoms with van der Waals surface area (Å²) >= 11 is 0. The van der Waals surface area contributed by atoms with Crippen LogP contribution in [0.15, 0.2) is 188 Å². The van der Waals surface area contributed by atoms with Gasteiger partial charge in [0.1, 0.15) is 0 Å². The highest BCUT2D eigenvalue weighted by Gasteiger charge is 2.19. The van der Waals surface area contributed by atoms with Gasteiger partial charge in [0.05, 0.1) is 22.2 Å². The van der Waals surface area contributed by atoms with Crippen LogP contribution in [0.3, 0.4) is 0 Å². The van der Waals surface area contributed by atoms with E-state index >= 15 is 0 Å². The van der Waals surface area contributed by atoms with Crippen LogP contribution in [0.5, 0.6) is 0 Å². The Labute approximate surface area is 332 Å². The van der Waals surface area contributed by atoms with Gasteiger partial charge < -0.3 is 0 Å². The van der Waals surface area contributed by atoms with Crippen LogP contribution in [-0.2, 0) is 0 Å². The second-order valence-electron chi connectivity index (χ2n) is 15.4. The molecule has 0 fully saturated rings. The van der Waals surface area contributed by atoms with Crippen molar-refractivity contribution in [2.24, 2.45) is 0 Å². The van der Waals surface area contributed by atoms with Crippen molar-refractivity contribution in [1.29, 1.82) is 0 Å². The van der Waals surface area contributed by atoms with Crippen LogP contribution < -0.4 is 0 Å². The van der Waals surface area contributed by atoms with E-state index in [1.807, 2.05) is 18.5 Å². The first-order chi connectivity index (χ1) is 28.8. The molecule has 0 amide bonds. The van der Waals surface area contributed by atoms with Gasteiger partial charge in [-0.05, 0) is 94.3 Å². The lowest BCUT2D eigenvalue weighted by molar-refractivity contribution is 1.37. The first kappa shape index (κ1) is 31.5. The number of hydrogen-bond donors (Lipinski definition) is 0. The molecule has 13 rings (SSSR count). The van der Waals surface area contributed by atoms with Crippen molar-refractivity contribution in [2.45, 2.75) is 0 Å². The Kier molecular flexibility index (Phi) is 6.44. The molecule has 58 heavy (non-hydrogen) atoms. The highest BCUT2D eigenvalue weighted by Crippen LogP contribution is 2.45. The van der Waals surface area contributed by atoms with Crippen molar-refractivity contribution < 1.29 is 0 Å². The monoisotopic (exact) mass is 733 g/mol. The molecular weight excluding hydrogens is 703 g/mol. The van der Waals surface area contributed by atoms with Crippen molar-refractivity contribution in [3.63, 3.8) is 0 Å². The zero-order chi connectivity index (χ0) is 37.9. The zero-order valence-electron chi connectivity index (χ0n) is 31.2. The summed E-state index contributed by atoms with van der Waals surface area (Å²) in [5.41, 5.74) is 9.75. The van der Waals surface area contributed by atoms with E-state index in [0.717, 1.165) is 44.0 Å². The molecule has 0 saturated carbocycles. The molecule has 0 saturated heterocycles. The van der Waals surface area contributed by atoms with Gasteiger partial charge in [-0.25, -0.2) is 4.98 Å². The van der Waals surface area contributed by atoms with Crippen LogP contribution in [0.2, 0.25) is 0 Å². The Hall–Kier alpha value is -7.75. The maximum Gasteiger partial charge on any atom is 0.0970 e. The SMILES string of the molecule is c1cc(-c2nc3c4ccccc4c4ccccc4c3c3ccccc23)cc(-c2ccc3ccc4c(-c5ccnc6c5ccc5cccnc56)ccc5ccc2c3c54)c1. The van der Waals surface area contributed by atoms with Crippen LogP contribution in [0, 0.1) is 0 Å². The van der Waals surface area contributed by atoms with Crippen LogP contribution in [0.1, 0.15) is 0 Å². The Balaban J connectivity index is 1.03. The first-order valence-electron chi connectivity index (χ1n) is 19.8. The second-order valence-corrected chi connectivity index (χ2v) is 15.4. The highest BCUT2D eigenvalue weighted by molar-refractivity contribution is 6.32. The molecule has 0 atom stereocenters. The smallest absolute Gasteiger partial charge is 0.0970 e. The molecule has 10 aromatic carbocycles. The lowest BCUT2D eigenvalue weighted by Crippen LogP contribution is -1.93. The summed E-state index contributed by atoms with van der Waals surface area (Å²) < 4.78 is 0. The lowest BCUT2D eigenvalue weighted by atomic mass is 9.86. The van der Waals surface area contributed by atoms with Gasteiger partial charge in [-0.3, -0.25) is 9.97 Å². The Bertz CT molecular complexity index is 3860. The minimum atomic E-state index is 0.929. The quantitative estimate of drug-likeness (QED) is 0.170. The van der Waals surface area contributed by atoms with E-state index in [-0.39, 0.29) is 0 Å². The molecule has 3 heteroatoms. The van der Waals surface area contributed by atoms with Crippen LogP contribution in [0.4, 0.5) is 0 Å². The van der Waals surface area contributed by atoms with Crippen molar-refractivity contribution in [3.8, 4) is 33.5 Å². The Morgan fingerprint density at radius 1 is 0.276 bits per heavy atom. The molecule has 0 aliphatic heterocycles. The third-order valence-electron chi connectivity index (χ3n) is 12.5. The van der Waals surface area contributed by atoms with Gasteiger partial charge in [-0.1, -0.05) is 158 Å². The molecule has 13 aromatic rings. The number of benzene rings is 10. The molecule has 0 radical (unpaired) electrons. The average molecular weight is 734 g/mol. The molecule has 0 unspecified atom stereocenters. The van der Waals surface area contributed by atoms with Crippen molar-refractivity contribution >= 4 is 97.3 Å². The fraction of sp³-hybridized carbons (Fsp3) is 0. The van der Waals surface area contributed by atoms with Gasteiger partial charge in [0, 0.05) is 44.9 Å². The summed E-state index contributed by atoms with van der Waals surface area (Å²) in [5.74, 6) is 0. The fourth-order valence-electron chi connectivity index (χ4n) is 9.92. The van der Waals surface area contributed by atoms with Crippen LogP contribution >= 0.6 is 0 Å². The van der Waals surface area contributed by atoms with Gasteiger partial charge in [0.2, 0.25) is 0 Å². The standard InChI is InChI=1S/C55H31N3/c1-3-14-42-38(12-1)39-13-2-5-16-46(39)54-51(42)43-15-4-6-17-47(43)52(58-54)36-10-7-9-35(31-36)37-23-18-32-21-26-45-40(24-19-33-20-25-44(37)49(32)50(33)45)41-28-30-57-55-48(41)27-22-34-11-8-29-56-53(34)55/h1-31H. The third kappa shape index (κ3) is 4.36. The molecule has 0 N–H and O–H groups in total. The van der Waals surface area contributed by atoms with E-state index in [2.05, 4.69) is 170 Å². The third-order valence-corrected chi connectivity index (χ3v) is 12.5. The minimum absolute atomic E-state index is 0.929. The predicted molar refractivity (Wildman–Crippen MR) is 245 cm³/mol. The molecule has 3 nitrogen and oxygen atoms in total. The van der Waals surface area contributed by atoms with Crippen molar-refractivity contribution in [2.75, 3.05) is 0 Å². The largest absolute Gasteiger partial charge is 0.254 e. The normalized spacial score (nSPS) is 12.1. The van der Waals surface area contributed by atoms with E-state index in [1.54, 1.807) is 0 Å². The summed E-state index contributed by atoms with van der Waals surface area (Å²) in [5, 5.41) is 18.2. The van der Waals surface area contributed by atoms with Gasteiger partial charge in [0.25, 0.3) is 0 Å². The van der Waals surface area contributed by atoms with E-state index in [4.69, 9.17) is 15.0 Å². The van der Waals surface area contributed by atoms with E-state index in [1.165, 1.54) is 86.9 Å². The topological polar surface area (TPSA) is 38.7 Å². The Morgan fingerprint density at radius 3 is 1.64 bits per heavy atom.